The van der Waals surface area contributed by atoms with Gasteiger partial charge in [-0.2, -0.15) is 0 Å². The zero-order valence-corrected chi connectivity index (χ0v) is 13.3. The minimum atomic E-state index is 0.632. The number of nitrogens with zero attached hydrogens (tertiary/aromatic N) is 3. The molecule has 3 heterocycles. The second-order valence-electron chi connectivity index (χ2n) is 6.98. The van der Waals surface area contributed by atoms with Crippen molar-refractivity contribution >= 4 is 0 Å². The van der Waals surface area contributed by atoms with Gasteiger partial charge in [-0.15, -0.1) is 0 Å². The highest BCUT2D eigenvalue weighted by Gasteiger charge is 2.28. The molecule has 4 nitrogen and oxygen atoms in total. The first kappa shape index (κ1) is 13.5. The van der Waals surface area contributed by atoms with Crippen molar-refractivity contribution in [2.45, 2.75) is 44.7 Å². The normalized spacial score (nSPS) is 20.0. The van der Waals surface area contributed by atoms with Crippen molar-refractivity contribution in [3.05, 3.63) is 52.6 Å². The zero-order chi connectivity index (χ0) is 15.2. The summed E-state index contributed by atoms with van der Waals surface area (Å²) in [5, 5.41) is 0. The van der Waals surface area contributed by atoms with Gasteiger partial charge in [0.05, 0.1) is 12.3 Å². The van der Waals surface area contributed by atoms with Crippen LogP contribution in [0.25, 0.3) is 0 Å². The third kappa shape index (κ3) is 2.61. The van der Waals surface area contributed by atoms with Crippen molar-refractivity contribution in [3.8, 4) is 5.75 Å². The van der Waals surface area contributed by atoms with Gasteiger partial charge in [-0.1, -0.05) is 12.1 Å². The van der Waals surface area contributed by atoms with Crippen molar-refractivity contribution in [1.29, 1.82) is 0 Å². The van der Waals surface area contributed by atoms with E-state index >= 15 is 0 Å². The quantitative estimate of drug-likeness (QED) is 0.874. The molecule has 1 fully saturated rings. The van der Waals surface area contributed by atoms with Gasteiger partial charge >= 0.3 is 0 Å². The van der Waals surface area contributed by atoms with Gasteiger partial charge in [-0.05, 0) is 42.0 Å². The molecule has 0 radical (unpaired) electrons. The summed E-state index contributed by atoms with van der Waals surface area (Å²) in [6.07, 6.45) is 6.71. The predicted molar refractivity (Wildman–Crippen MR) is 87.5 cm³/mol. The molecule has 1 saturated carbocycles. The van der Waals surface area contributed by atoms with Crippen LogP contribution in [0.2, 0.25) is 0 Å². The summed E-state index contributed by atoms with van der Waals surface area (Å²) in [6, 6.07) is 6.64. The molecule has 0 N–H and O–H groups in total. The first-order valence-electron chi connectivity index (χ1n) is 8.67. The number of benzene rings is 1. The molecule has 1 aromatic heterocycles. The van der Waals surface area contributed by atoms with Crippen LogP contribution >= 0.6 is 0 Å². The lowest BCUT2D eigenvalue weighted by Gasteiger charge is -2.28. The summed E-state index contributed by atoms with van der Waals surface area (Å²) in [5.41, 5.74) is 5.33. The summed E-state index contributed by atoms with van der Waals surface area (Å²) < 4.78 is 5.60. The van der Waals surface area contributed by atoms with Gasteiger partial charge in [0.15, 0.2) is 0 Å². The van der Waals surface area contributed by atoms with Crippen molar-refractivity contribution in [2.24, 2.45) is 0 Å². The molecule has 0 unspecified atom stereocenters. The summed E-state index contributed by atoms with van der Waals surface area (Å²) in [5.74, 6) is 2.77. The number of fused-ring (bicyclic) bond motifs is 2. The second-order valence-corrected chi connectivity index (χ2v) is 6.98. The third-order valence-electron chi connectivity index (χ3n) is 5.15. The van der Waals surface area contributed by atoms with E-state index in [9.17, 15) is 0 Å². The highest BCUT2D eigenvalue weighted by Crippen LogP contribution is 2.38. The minimum Gasteiger partial charge on any atom is -0.493 e. The predicted octanol–water partition coefficient (Wildman–Crippen LogP) is 2.85. The molecule has 0 bridgehead atoms. The Morgan fingerprint density at radius 1 is 1.17 bits per heavy atom. The molecule has 0 atom stereocenters. The van der Waals surface area contributed by atoms with E-state index in [4.69, 9.17) is 9.72 Å². The van der Waals surface area contributed by atoms with Gasteiger partial charge in [0.1, 0.15) is 11.6 Å². The van der Waals surface area contributed by atoms with Crippen LogP contribution < -0.4 is 4.74 Å². The Bertz CT molecular complexity index is 754. The fourth-order valence-corrected chi connectivity index (χ4v) is 3.64. The molecule has 0 saturated heterocycles. The van der Waals surface area contributed by atoms with Gasteiger partial charge in [-0.3, -0.25) is 4.90 Å². The minimum absolute atomic E-state index is 0.632. The van der Waals surface area contributed by atoms with Crippen LogP contribution in [0.15, 0.2) is 24.4 Å². The Labute approximate surface area is 136 Å². The zero-order valence-electron chi connectivity index (χ0n) is 13.3. The van der Waals surface area contributed by atoms with Crippen LogP contribution in [-0.2, 0) is 25.9 Å². The van der Waals surface area contributed by atoms with Gasteiger partial charge in [0.2, 0.25) is 0 Å². The van der Waals surface area contributed by atoms with E-state index in [-0.39, 0.29) is 0 Å². The summed E-state index contributed by atoms with van der Waals surface area (Å²) in [7, 11) is 0. The van der Waals surface area contributed by atoms with E-state index in [1.54, 1.807) is 0 Å². The maximum Gasteiger partial charge on any atom is 0.131 e. The smallest absolute Gasteiger partial charge is 0.131 e. The maximum atomic E-state index is 5.60. The van der Waals surface area contributed by atoms with Gasteiger partial charge in [0, 0.05) is 38.2 Å². The van der Waals surface area contributed by atoms with Crippen LogP contribution in [0, 0.1) is 0 Å². The molecule has 118 valence electrons. The Kier molecular flexibility index (Phi) is 3.11. The van der Waals surface area contributed by atoms with Crippen molar-refractivity contribution < 1.29 is 4.74 Å². The highest BCUT2D eigenvalue weighted by molar-refractivity contribution is 5.39. The Balaban J connectivity index is 1.33. The first-order chi connectivity index (χ1) is 11.3. The van der Waals surface area contributed by atoms with Gasteiger partial charge in [-0.25, -0.2) is 9.97 Å². The molecular weight excluding hydrogens is 286 g/mol. The van der Waals surface area contributed by atoms with E-state index in [0.29, 0.717) is 5.92 Å². The van der Waals surface area contributed by atoms with Crippen LogP contribution in [0.5, 0.6) is 5.75 Å². The first-order valence-corrected chi connectivity index (χ1v) is 8.67. The van der Waals surface area contributed by atoms with Gasteiger partial charge < -0.3 is 4.74 Å². The largest absolute Gasteiger partial charge is 0.493 e. The van der Waals surface area contributed by atoms with Crippen molar-refractivity contribution in [3.63, 3.8) is 0 Å². The molecule has 23 heavy (non-hydrogen) atoms. The molecule has 0 spiro atoms. The molecule has 5 rings (SSSR count). The average molecular weight is 307 g/mol. The number of hydrogen-bond acceptors (Lipinski definition) is 4. The summed E-state index contributed by atoms with van der Waals surface area (Å²) >= 11 is 0. The van der Waals surface area contributed by atoms with Crippen LogP contribution in [0.1, 0.15) is 47.0 Å². The molecule has 4 heteroatoms. The van der Waals surface area contributed by atoms with E-state index in [1.807, 2.05) is 0 Å². The Hall–Kier alpha value is -1.94. The third-order valence-corrected chi connectivity index (χ3v) is 5.15. The monoisotopic (exact) mass is 307 g/mol. The van der Waals surface area contributed by atoms with E-state index < -0.39 is 0 Å². The number of aromatic nitrogens is 2. The topological polar surface area (TPSA) is 38.2 Å². The van der Waals surface area contributed by atoms with Gasteiger partial charge in [0.25, 0.3) is 0 Å². The summed E-state index contributed by atoms with van der Waals surface area (Å²) in [4.78, 5) is 11.9. The lowest BCUT2D eigenvalue weighted by atomic mass is 10.0. The van der Waals surface area contributed by atoms with Crippen LogP contribution in [0.4, 0.5) is 0 Å². The molecule has 0 amide bonds. The Morgan fingerprint density at radius 3 is 3.04 bits per heavy atom. The van der Waals surface area contributed by atoms with Crippen LogP contribution in [0.3, 0.4) is 0 Å². The Morgan fingerprint density at radius 2 is 2.13 bits per heavy atom. The molecule has 1 aliphatic carbocycles. The molecule has 1 aromatic carbocycles. The molecule has 3 aliphatic rings. The lowest BCUT2D eigenvalue weighted by molar-refractivity contribution is 0.240. The standard InChI is InChI=1S/C19H21N3O/c1-4-18-15(6-8-23-18)9-13(1)11-22-7-5-16-10-20-19(14-2-3-14)21-17(16)12-22/h1,4,9-10,14H,2-3,5-8,11-12H2. The number of ether oxygens (including phenoxy) is 1. The fraction of sp³-hybridized carbons (Fsp3) is 0.474. The average Bonchev–Trinajstić information content (AvgIpc) is 3.32. The summed E-state index contributed by atoms with van der Waals surface area (Å²) in [6.45, 7) is 3.87. The SMILES string of the molecule is c1cc2c(cc1CN1CCc3cnc(C4CC4)nc3C1)CCO2. The van der Waals surface area contributed by atoms with Crippen LogP contribution in [-0.4, -0.2) is 28.0 Å². The number of hydrogen-bond donors (Lipinski definition) is 0. The van der Waals surface area contributed by atoms with E-state index in [0.717, 1.165) is 50.7 Å². The highest BCUT2D eigenvalue weighted by atomic mass is 16.5. The molecule has 2 aromatic rings. The molecule has 2 aliphatic heterocycles. The number of rotatable bonds is 3. The second kappa shape index (κ2) is 5.31. The fourth-order valence-electron chi connectivity index (χ4n) is 3.64. The maximum absolute atomic E-state index is 5.60. The van der Waals surface area contributed by atoms with E-state index in [1.165, 1.54) is 35.2 Å². The molecular formula is C19H21N3O. The van der Waals surface area contributed by atoms with Crippen molar-refractivity contribution in [1.82, 2.24) is 14.9 Å². The van der Waals surface area contributed by atoms with Crippen molar-refractivity contribution in [2.75, 3.05) is 13.2 Å². The lowest BCUT2D eigenvalue weighted by Crippen LogP contribution is -2.31. The van der Waals surface area contributed by atoms with E-state index in [2.05, 4.69) is 34.3 Å².